The second-order valence-corrected chi connectivity index (χ2v) is 9.73. The van der Waals surface area contributed by atoms with Gasteiger partial charge in [0, 0.05) is 31.0 Å². The van der Waals surface area contributed by atoms with E-state index in [4.69, 9.17) is 9.47 Å². The predicted molar refractivity (Wildman–Crippen MR) is 126 cm³/mol. The van der Waals surface area contributed by atoms with Crippen LogP contribution in [0.2, 0.25) is 0 Å². The average molecular weight is 437 g/mol. The lowest BCUT2D eigenvalue weighted by Crippen LogP contribution is -2.51. The molecule has 172 valence electrons. The lowest BCUT2D eigenvalue weighted by molar-refractivity contribution is -0.168. The number of amides is 1. The molecule has 5 heteroatoms. The molecule has 2 unspecified atom stereocenters. The van der Waals surface area contributed by atoms with E-state index in [1.165, 1.54) is 5.56 Å². The summed E-state index contributed by atoms with van der Waals surface area (Å²) in [7, 11) is 0. The SMILES string of the molecule is CCC1CC(c2cccnc2)OC2(CCN(C(=O)c3ccc(OC(C)C)c(C)c3)CC2)C1. The van der Waals surface area contributed by atoms with E-state index in [1.807, 2.05) is 62.3 Å². The van der Waals surface area contributed by atoms with Gasteiger partial charge in [-0.1, -0.05) is 19.4 Å². The quantitative estimate of drug-likeness (QED) is 0.601. The molecule has 0 saturated carbocycles. The molecule has 4 rings (SSSR count). The molecule has 3 heterocycles. The van der Waals surface area contributed by atoms with Gasteiger partial charge >= 0.3 is 0 Å². The predicted octanol–water partition coefficient (Wildman–Crippen LogP) is 5.73. The maximum atomic E-state index is 13.2. The number of rotatable bonds is 5. The van der Waals surface area contributed by atoms with Crippen LogP contribution in [0.15, 0.2) is 42.7 Å². The highest BCUT2D eigenvalue weighted by atomic mass is 16.5. The van der Waals surface area contributed by atoms with Crippen LogP contribution in [0.5, 0.6) is 5.75 Å². The fourth-order valence-corrected chi connectivity index (χ4v) is 5.18. The summed E-state index contributed by atoms with van der Waals surface area (Å²) in [6, 6.07) is 9.87. The molecular weight excluding hydrogens is 400 g/mol. The Hall–Kier alpha value is -2.40. The van der Waals surface area contributed by atoms with Crippen molar-refractivity contribution in [1.82, 2.24) is 9.88 Å². The Kier molecular flexibility index (Phi) is 6.85. The van der Waals surface area contributed by atoms with Crippen LogP contribution in [-0.4, -0.2) is 40.6 Å². The molecule has 1 aromatic heterocycles. The summed E-state index contributed by atoms with van der Waals surface area (Å²) < 4.78 is 12.6. The first-order chi connectivity index (χ1) is 15.4. The normalized spacial score (nSPS) is 22.8. The molecule has 32 heavy (non-hydrogen) atoms. The fraction of sp³-hybridized carbons (Fsp3) is 0.556. The summed E-state index contributed by atoms with van der Waals surface area (Å²) in [6.07, 6.45) is 9.04. The zero-order valence-electron chi connectivity index (χ0n) is 19.8. The van der Waals surface area contributed by atoms with Gasteiger partial charge in [-0.05, 0) is 87.8 Å². The van der Waals surface area contributed by atoms with Crippen molar-refractivity contribution in [2.45, 2.75) is 77.6 Å². The summed E-state index contributed by atoms with van der Waals surface area (Å²) >= 11 is 0. The van der Waals surface area contributed by atoms with Crippen molar-refractivity contribution in [3.8, 4) is 5.75 Å². The van der Waals surface area contributed by atoms with Crippen LogP contribution in [-0.2, 0) is 4.74 Å². The lowest BCUT2D eigenvalue weighted by atomic mass is 9.76. The molecule has 2 aliphatic rings. The van der Waals surface area contributed by atoms with E-state index < -0.39 is 0 Å². The Morgan fingerprint density at radius 2 is 2.06 bits per heavy atom. The van der Waals surface area contributed by atoms with Crippen molar-refractivity contribution in [3.63, 3.8) is 0 Å². The van der Waals surface area contributed by atoms with Gasteiger partial charge in [0.25, 0.3) is 5.91 Å². The van der Waals surface area contributed by atoms with Gasteiger partial charge in [-0.2, -0.15) is 0 Å². The molecule has 0 N–H and O–H groups in total. The van der Waals surface area contributed by atoms with Gasteiger partial charge in [0.05, 0.1) is 17.8 Å². The summed E-state index contributed by atoms with van der Waals surface area (Å²) in [4.78, 5) is 19.5. The first-order valence-electron chi connectivity index (χ1n) is 12.0. The van der Waals surface area contributed by atoms with Gasteiger partial charge in [-0.15, -0.1) is 0 Å². The molecule has 2 saturated heterocycles. The first-order valence-corrected chi connectivity index (χ1v) is 12.0. The summed E-state index contributed by atoms with van der Waals surface area (Å²) in [5.74, 6) is 1.59. The number of piperidine rings is 1. The van der Waals surface area contributed by atoms with Crippen molar-refractivity contribution in [2.24, 2.45) is 5.92 Å². The maximum absolute atomic E-state index is 13.2. The Bertz CT molecular complexity index is 920. The Balaban J connectivity index is 1.43. The van der Waals surface area contributed by atoms with Gasteiger partial charge in [0.2, 0.25) is 0 Å². The highest BCUT2D eigenvalue weighted by molar-refractivity contribution is 5.94. The fourth-order valence-electron chi connectivity index (χ4n) is 5.18. The van der Waals surface area contributed by atoms with E-state index in [2.05, 4.69) is 18.0 Å². The molecular formula is C27H36N2O3. The molecule has 2 aliphatic heterocycles. The van der Waals surface area contributed by atoms with E-state index in [0.29, 0.717) is 5.92 Å². The molecule has 1 amide bonds. The number of hydrogen-bond donors (Lipinski definition) is 0. The largest absolute Gasteiger partial charge is 0.491 e. The summed E-state index contributed by atoms with van der Waals surface area (Å²) in [5.41, 5.74) is 2.77. The van der Waals surface area contributed by atoms with E-state index in [9.17, 15) is 4.79 Å². The number of hydrogen-bond acceptors (Lipinski definition) is 4. The molecule has 0 bridgehead atoms. The van der Waals surface area contributed by atoms with Crippen LogP contribution in [0.25, 0.3) is 0 Å². The highest BCUT2D eigenvalue weighted by Gasteiger charge is 2.44. The Morgan fingerprint density at radius 1 is 1.28 bits per heavy atom. The number of carbonyl (C=O) groups is 1. The van der Waals surface area contributed by atoms with Crippen molar-refractivity contribution < 1.29 is 14.3 Å². The second kappa shape index (κ2) is 9.62. The Labute approximate surface area is 192 Å². The van der Waals surface area contributed by atoms with E-state index in [-0.39, 0.29) is 23.7 Å². The number of aromatic nitrogens is 1. The molecule has 2 aromatic rings. The second-order valence-electron chi connectivity index (χ2n) is 9.73. The van der Waals surface area contributed by atoms with Gasteiger partial charge in [-0.3, -0.25) is 9.78 Å². The maximum Gasteiger partial charge on any atom is 0.253 e. The van der Waals surface area contributed by atoms with Gasteiger partial charge in [0.15, 0.2) is 0 Å². The van der Waals surface area contributed by atoms with Crippen LogP contribution in [0.3, 0.4) is 0 Å². The number of likely N-dealkylation sites (tertiary alicyclic amines) is 1. The van der Waals surface area contributed by atoms with Gasteiger partial charge in [0.1, 0.15) is 5.75 Å². The van der Waals surface area contributed by atoms with Crippen molar-refractivity contribution in [2.75, 3.05) is 13.1 Å². The highest BCUT2D eigenvalue weighted by Crippen LogP contribution is 2.46. The van der Waals surface area contributed by atoms with Gasteiger partial charge < -0.3 is 14.4 Å². The van der Waals surface area contributed by atoms with Crippen LogP contribution < -0.4 is 4.74 Å². The van der Waals surface area contributed by atoms with E-state index in [0.717, 1.165) is 62.1 Å². The molecule has 2 atom stereocenters. The minimum atomic E-state index is -0.138. The van der Waals surface area contributed by atoms with Crippen LogP contribution in [0.1, 0.15) is 80.5 Å². The third-order valence-corrected chi connectivity index (χ3v) is 6.98. The summed E-state index contributed by atoms with van der Waals surface area (Å²) in [5, 5.41) is 0. The zero-order chi connectivity index (χ0) is 22.7. The van der Waals surface area contributed by atoms with Crippen LogP contribution in [0, 0.1) is 12.8 Å². The van der Waals surface area contributed by atoms with Crippen molar-refractivity contribution >= 4 is 5.91 Å². The molecule has 1 aromatic carbocycles. The molecule has 5 nitrogen and oxygen atoms in total. The standard InChI is InChI=1S/C27H36N2O3/c1-5-21-16-25(23-7-6-12-28-18-23)32-27(17-21)10-13-29(14-11-27)26(30)22-8-9-24(20(4)15-22)31-19(2)3/h6-9,12,15,18-19,21,25H,5,10-11,13-14,16-17H2,1-4H3. The molecule has 0 aliphatic carbocycles. The number of nitrogens with zero attached hydrogens (tertiary/aromatic N) is 2. The third-order valence-electron chi connectivity index (χ3n) is 6.98. The Morgan fingerprint density at radius 3 is 2.69 bits per heavy atom. The molecule has 1 spiro atoms. The van der Waals surface area contributed by atoms with Crippen LogP contribution in [0.4, 0.5) is 0 Å². The zero-order valence-corrected chi connectivity index (χ0v) is 19.8. The van der Waals surface area contributed by atoms with Crippen molar-refractivity contribution in [3.05, 3.63) is 59.4 Å². The minimum Gasteiger partial charge on any atom is -0.491 e. The molecule has 2 fully saturated rings. The monoisotopic (exact) mass is 436 g/mol. The number of pyridine rings is 1. The van der Waals surface area contributed by atoms with E-state index in [1.54, 1.807) is 0 Å². The topological polar surface area (TPSA) is 51.7 Å². The summed E-state index contributed by atoms with van der Waals surface area (Å²) in [6.45, 7) is 9.77. The lowest BCUT2D eigenvalue weighted by Gasteiger charge is -2.49. The minimum absolute atomic E-state index is 0.0980. The number of ether oxygens (including phenoxy) is 2. The molecule has 0 radical (unpaired) electrons. The number of aryl methyl sites for hydroxylation is 1. The van der Waals surface area contributed by atoms with Gasteiger partial charge in [-0.25, -0.2) is 0 Å². The third kappa shape index (κ3) is 4.98. The number of carbonyl (C=O) groups excluding carboxylic acids is 1. The van der Waals surface area contributed by atoms with Crippen molar-refractivity contribution in [1.29, 1.82) is 0 Å². The van der Waals surface area contributed by atoms with E-state index >= 15 is 0 Å². The number of benzene rings is 1. The first kappa shape index (κ1) is 22.8. The average Bonchev–Trinajstić information content (AvgIpc) is 2.80. The van der Waals surface area contributed by atoms with Crippen LogP contribution >= 0.6 is 0 Å². The smallest absolute Gasteiger partial charge is 0.253 e.